The molecule has 0 radical (unpaired) electrons. The Bertz CT molecular complexity index is 397. The summed E-state index contributed by atoms with van der Waals surface area (Å²) in [6, 6.07) is 2.25. The van der Waals surface area contributed by atoms with E-state index in [0.717, 1.165) is 23.2 Å². The van der Waals surface area contributed by atoms with Crippen LogP contribution in [0.3, 0.4) is 0 Å². The lowest BCUT2D eigenvalue weighted by atomic mass is 10.2. The average Bonchev–Trinajstić information content (AvgIpc) is 2.28. The van der Waals surface area contributed by atoms with Gasteiger partial charge in [-0.3, -0.25) is 9.78 Å². The largest absolute Gasteiger partial charge is 0.336 e. The molecule has 2 rings (SSSR count). The van der Waals surface area contributed by atoms with Gasteiger partial charge in [0.25, 0.3) is 5.91 Å². The summed E-state index contributed by atoms with van der Waals surface area (Å²) in [4.78, 5) is 18.1. The standard InChI is InChI=1S/C11H14IN3O/c1-8-7-15(3-2-14-8)11(16)9-4-10(12)6-13-5-9/h4-6,8,14H,2-3,7H2,1H3/t8-/m1/s1. The molecule has 86 valence electrons. The van der Waals surface area contributed by atoms with Crippen molar-refractivity contribution in [2.24, 2.45) is 0 Å². The predicted molar refractivity (Wildman–Crippen MR) is 70.3 cm³/mol. The highest BCUT2D eigenvalue weighted by Crippen LogP contribution is 2.10. The molecule has 1 aliphatic heterocycles. The zero-order chi connectivity index (χ0) is 11.5. The number of aromatic nitrogens is 1. The lowest BCUT2D eigenvalue weighted by Crippen LogP contribution is -2.51. The molecule has 1 aromatic rings. The molecule has 1 amide bonds. The maximum absolute atomic E-state index is 12.2. The smallest absolute Gasteiger partial charge is 0.255 e. The Morgan fingerprint density at radius 2 is 2.44 bits per heavy atom. The first kappa shape index (κ1) is 11.8. The molecule has 0 bridgehead atoms. The first-order valence-corrected chi connectivity index (χ1v) is 6.38. The van der Waals surface area contributed by atoms with Crippen molar-refractivity contribution in [3.63, 3.8) is 0 Å². The van der Waals surface area contributed by atoms with Crippen LogP contribution in [0.2, 0.25) is 0 Å². The molecule has 1 atom stereocenters. The van der Waals surface area contributed by atoms with Gasteiger partial charge in [-0.05, 0) is 35.6 Å². The van der Waals surface area contributed by atoms with E-state index in [0.29, 0.717) is 11.6 Å². The molecule has 1 fully saturated rings. The number of pyridine rings is 1. The van der Waals surface area contributed by atoms with Crippen molar-refractivity contribution < 1.29 is 4.79 Å². The molecule has 5 heteroatoms. The van der Waals surface area contributed by atoms with Gasteiger partial charge in [0.05, 0.1) is 5.56 Å². The molecule has 0 aromatic carbocycles. The second kappa shape index (κ2) is 5.09. The summed E-state index contributed by atoms with van der Waals surface area (Å²) in [7, 11) is 0. The van der Waals surface area contributed by atoms with Crippen molar-refractivity contribution in [1.82, 2.24) is 15.2 Å². The van der Waals surface area contributed by atoms with Gasteiger partial charge in [0, 0.05) is 41.6 Å². The molecule has 4 nitrogen and oxygen atoms in total. The second-order valence-electron chi connectivity index (χ2n) is 4.00. The highest BCUT2D eigenvalue weighted by Gasteiger charge is 2.21. The SMILES string of the molecule is C[C@@H]1CN(C(=O)c2cncc(I)c2)CCN1. The normalized spacial score (nSPS) is 20.9. The van der Waals surface area contributed by atoms with Gasteiger partial charge in [-0.25, -0.2) is 0 Å². The minimum atomic E-state index is 0.0827. The van der Waals surface area contributed by atoms with Gasteiger partial charge in [-0.1, -0.05) is 0 Å². The summed E-state index contributed by atoms with van der Waals surface area (Å²) in [5.41, 5.74) is 0.681. The Hall–Kier alpha value is -0.690. The number of nitrogens with one attached hydrogen (secondary N) is 1. The number of amides is 1. The van der Waals surface area contributed by atoms with Gasteiger partial charge in [-0.15, -0.1) is 0 Å². The van der Waals surface area contributed by atoms with E-state index in [2.05, 4.69) is 39.8 Å². The van der Waals surface area contributed by atoms with Crippen LogP contribution in [0.25, 0.3) is 0 Å². The number of carbonyl (C=O) groups is 1. The van der Waals surface area contributed by atoms with Crippen LogP contribution in [0.15, 0.2) is 18.5 Å². The summed E-state index contributed by atoms with van der Waals surface area (Å²) in [6.45, 7) is 4.50. The van der Waals surface area contributed by atoms with E-state index >= 15 is 0 Å². The van der Waals surface area contributed by atoms with E-state index in [9.17, 15) is 4.79 Å². The number of halogens is 1. The van der Waals surface area contributed by atoms with Crippen molar-refractivity contribution in [3.05, 3.63) is 27.6 Å². The van der Waals surface area contributed by atoms with Gasteiger partial charge in [0.15, 0.2) is 0 Å². The first-order valence-electron chi connectivity index (χ1n) is 5.30. The summed E-state index contributed by atoms with van der Waals surface area (Å²) in [6.07, 6.45) is 3.38. The first-order chi connectivity index (χ1) is 7.66. The van der Waals surface area contributed by atoms with Gasteiger partial charge < -0.3 is 10.2 Å². The van der Waals surface area contributed by atoms with Crippen molar-refractivity contribution in [1.29, 1.82) is 0 Å². The Kier molecular flexibility index (Phi) is 3.75. The van der Waals surface area contributed by atoms with Gasteiger partial charge >= 0.3 is 0 Å². The maximum Gasteiger partial charge on any atom is 0.255 e. The summed E-state index contributed by atoms with van der Waals surface area (Å²) in [5.74, 6) is 0.0827. The minimum Gasteiger partial charge on any atom is -0.336 e. The van der Waals surface area contributed by atoms with Gasteiger partial charge in [0.1, 0.15) is 0 Å². The number of rotatable bonds is 1. The molecular weight excluding hydrogens is 317 g/mol. The zero-order valence-electron chi connectivity index (χ0n) is 9.11. The fourth-order valence-electron chi connectivity index (χ4n) is 1.83. The molecule has 1 aliphatic rings. The van der Waals surface area contributed by atoms with Crippen molar-refractivity contribution in [3.8, 4) is 0 Å². The molecule has 0 spiro atoms. The van der Waals surface area contributed by atoms with Crippen LogP contribution >= 0.6 is 22.6 Å². The zero-order valence-corrected chi connectivity index (χ0v) is 11.3. The third-order valence-corrected chi connectivity index (χ3v) is 3.20. The molecular formula is C11H14IN3O. The third-order valence-electron chi connectivity index (χ3n) is 2.61. The van der Waals surface area contributed by atoms with Crippen molar-refractivity contribution in [2.75, 3.05) is 19.6 Å². The van der Waals surface area contributed by atoms with Crippen molar-refractivity contribution >= 4 is 28.5 Å². The Morgan fingerprint density at radius 3 is 3.12 bits per heavy atom. The van der Waals surface area contributed by atoms with Crippen molar-refractivity contribution in [2.45, 2.75) is 13.0 Å². The highest BCUT2D eigenvalue weighted by atomic mass is 127. The third kappa shape index (κ3) is 2.70. The fraction of sp³-hybridized carbons (Fsp3) is 0.455. The Labute approximate surface area is 109 Å². The van der Waals surface area contributed by atoms with Crippen LogP contribution in [0.1, 0.15) is 17.3 Å². The number of hydrogen-bond acceptors (Lipinski definition) is 3. The highest BCUT2D eigenvalue weighted by molar-refractivity contribution is 14.1. The van der Waals surface area contributed by atoms with Crippen LogP contribution in [-0.2, 0) is 0 Å². The van der Waals surface area contributed by atoms with Crippen LogP contribution in [0, 0.1) is 3.57 Å². The predicted octanol–water partition coefficient (Wildman–Crippen LogP) is 1.12. The molecule has 0 saturated carbocycles. The fourth-order valence-corrected chi connectivity index (χ4v) is 2.32. The number of hydrogen-bond donors (Lipinski definition) is 1. The van der Waals surface area contributed by atoms with E-state index in [1.807, 2.05) is 11.0 Å². The Morgan fingerprint density at radius 1 is 1.62 bits per heavy atom. The molecule has 2 heterocycles. The quantitative estimate of drug-likeness (QED) is 0.785. The van der Waals surface area contributed by atoms with Crippen LogP contribution < -0.4 is 5.32 Å². The average molecular weight is 331 g/mol. The van der Waals surface area contributed by atoms with E-state index in [1.165, 1.54) is 0 Å². The molecule has 0 aliphatic carbocycles. The number of piperazine rings is 1. The lowest BCUT2D eigenvalue weighted by molar-refractivity contribution is 0.0708. The monoisotopic (exact) mass is 331 g/mol. The van der Waals surface area contributed by atoms with Crippen LogP contribution in [0.5, 0.6) is 0 Å². The summed E-state index contributed by atoms with van der Waals surface area (Å²) < 4.78 is 0.992. The second-order valence-corrected chi connectivity index (χ2v) is 5.24. The lowest BCUT2D eigenvalue weighted by Gasteiger charge is -2.31. The molecule has 1 saturated heterocycles. The summed E-state index contributed by atoms with van der Waals surface area (Å²) in [5, 5.41) is 3.32. The van der Waals surface area contributed by atoms with Crippen LogP contribution in [-0.4, -0.2) is 41.5 Å². The van der Waals surface area contributed by atoms with E-state index in [-0.39, 0.29) is 5.91 Å². The number of nitrogens with zero attached hydrogens (tertiary/aromatic N) is 2. The van der Waals surface area contributed by atoms with Gasteiger partial charge in [0.2, 0.25) is 0 Å². The molecule has 1 N–H and O–H groups in total. The maximum atomic E-state index is 12.2. The summed E-state index contributed by atoms with van der Waals surface area (Å²) >= 11 is 2.17. The molecule has 1 aromatic heterocycles. The van der Waals surface area contributed by atoms with Gasteiger partial charge in [-0.2, -0.15) is 0 Å². The topological polar surface area (TPSA) is 45.2 Å². The van der Waals surface area contributed by atoms with E-state index < -0.39 is 0 Å². The molecule has 0 unspecified atom stereocenters. The minimum absolute atomic E-state index is 0.0827. The number of carbonyl (C=O) groups excluding carboxylic acids is 1. The Balaban J connectivity index is 2.12. The molecule has 16 heavy (non-hydrogen) atoms. The van der Waals surface area contributed by atoms with Crippen LogP contribution in [0.4, 0.5) is 0 Å². The van der Waals surface area contributed by atoms with E-state index in [1.54, 1.807) is 12.4 Å². The van der Waals surface area contributed by atoms with E-state index in [4.69, 9.17) is 0 Å².